The van der Waals surface area contributed by atoms with Gasteiger partial charge in [-0.3, -0.25) is 0 Å². The summed E-state index contributed by atoms with van der Waals surface area (Å²) in [6.45, 7) is 0. The van der Waals surface area contributed by atoms with Gasteiger partial charge >= 0.3 is 0 Å². The second-order valence-electron chi connectivity index (χ2n) is 1.73. The molecule has 0 saturated heterocycles. The van der Waals surface area contributed by atoms with Crippen LogP contribution in [0.15, 0.2) is 29.2 Å². The molecular formula is C7H7IOS. The molecule has 0 saturated carbocycles. The van der Waals surface area contributed by atoms with Crippen LogP contribution in [-0.4, -0.2) is 6.26 Å². The quantitative estimate of drug-likeness (QED) is 0.600. The van der Waals surface area contributed by atoms with E-state index in [4.69, 9.17) is 3.07 Å². The van der Waals surface area contributed by atoms with Crippen LogP contribution >= 0.6 is 34.8 Å². The molecule has 0 radical (unpaired) electrons. The van der Waals surface area contributed by atoms with Crippen molar-refractivity contribution in [2.24, 2.45) is 0 Å². The van der Waals surface area contributed by atoms with E-state index >= 15 is 0 Å². The molecule has 0 aliphatic rings. The summed E-state index contributed by atoms with van der Waals surface area (Å²) in [6.07, 6.45) is 2.04. The Morgan fingerprint density at radius 1 is 1.40 bits per heavy atom. The van der Waals surface area contributed by atoms with Crippen molar-refractivity contribution < 1.29 is 3.07 Å². The van der Waals surface area contributed by atoms with Crippen LogP contribution in [0.3, 0.4) is 0 Å². The van der Waals surface area contributed by atoms with Gasteiger partial charge < -0.3 is 3.07 Å². The summed E-state index contributed by atoms with van der Waals surface area (Å²) >= 11 is 3.58. The molecule has 54 valence electrons. The third-order valence-corrected chi connectivity index (χ3v) is 2.40. The minimum absolute atomic E-state index is 0.940. The lowest BCUT2D eigenvalue weighted by Crippen LogP contribution is -1.76. The Bertz CT molecular complexity index is 192. The van der Waals surface area contributed by atoms with Gasteiger partial charge in [0.25, 0.3) is 0 Å². The van der Waals surface area contributed by atoms with Crippen molar-refractivity contribution in [2.75, 3.05) is 6.26 Å². The number of thioether (sulfide) groups is 1. The molecule has 0 aliphatic heterocycles. The van der Waals surface area contributed by atoms with Gasteiger partial charge in [0.1, 0.15) is 5.75 Å². The third kappa shape index (κ3) is 1.79. The topological polar surface area (TPSA) is 9.23 Å². The van der Waals surface area contributed by atoms with Crippen LogP contribution in [0.25, 0.3) is 0 Å². The first-order chi connectivity index (χ1) is 4.88. The van der Waals surface area contributed by atoms with E-state index in [1.807, 2.05) is 53.5 Å². The molecular weight excluding hydrogens is 259 g/mol. The van der Waals surface area contributed by atoms with Gasteiger partial charge in [-0.15, -0.1) is 11.8 Å². The highest BCUT2D eigenvalue weighted by molar-refractivity contribution is 14.1. The molecule has 0 bridgehead atoms. The number of rotatable bonds is 2. The molecule has 0 spiro atoms. The van der Waals surface area contributed by atoms with E-state index in [9.17, 15) is 0 Å². The first kappa shape index (κ1) is 8.20. The zero-order valence-corrected chi connectivity index (χ0v) is 8.48. The van der Waals surface area contributed by atoms with E-state index in [-0.39, 0.29) is 0 Å². The molecule has 0 N–H and O–H groups in total. The highest BCUT2D eigenvalue weighted by Crippen LogP contribution is 2.27. The Balaban J connectivity index is 2.96. The first-order valence-corrected chi connectivity index (χ1v) is 4.90. The molecule has 0 aromatic heterocycles. The average Bonchev–Trinajstić information content (AvgIpc) is 2.04. The summed E-state index contributed by atoms with van der Waals surface area (Å²) in [5.41, 5.74) is 0. The fraction of sp³-hybridized carbons (Fsp3) is 0.143. The lowest BCUT2D eigenvalue weighted by Gasteiger charge is -2.01. The minimum atomic E-state index is 0.940. The number of hydrogen-bond donors (Lipinski definition) is 0. The summed E-state index contributed by atoms with van der Waals surface area (Å²) in [7, 11) is 0. The summed E-state index contributed by atoms with van der Waals surface area (Å²) < 4.78 is 5.09. The van der Waals surface area contributed by atoms with E-state index < -0.39 is 0 Å². The Hall–Kier alpha value is 0.1000. The lowest BCUT2D eigenvalue weighted by atomic mass is 10.3. The summed E-state index contributed by atoms with van der Waals surface area (Å²) in [5, 5.41) is 0. The predicted molar refractivity (Wildman–Crippen MR) is 52.9 cm³/mol. The van der Waals surface area contributed by atoms with Gasteiger partial charge in [0.2, 0.25) is 0 Å². The second-order valence-corrected chi connectivity index (χ2v) is 3.02. The van der Waals surface area contributed by atoms with Crippen molar-refractivity contribution in [1.82, 2.24) is 0 Å². The molecule has 10 heavy (non-hydrogen) atoms. The van der Waals surface area contributed by atoms with Crippen molar-refractivity contribution >= 4 is 34.8 Å². The van der Waals surface area contributed by atoms with E-state index in [0.717, 1.165) is 5.75 Å². The maximum Gasteiger partial charge on any atom is 0.192 e. The van der Waals surface area contributed by atoms with Gasteiger partial charge in [-0.05, 0) is 18.4 Å². The van der Waals surface area contributed by atoms with E-state index in [2.05, 4.69) is 0 Å². The molecule has 0 unspecified atom stereocenters. The molecule has 1 rings (SSSR count). The van der Waals surface area contributed by atoms with Crippen LogP contribution in [0.5, 0.6) is 5.75 Å². The fourth-order valence-electron chi connectivity index (χ4n) is 0.683. The smallest absolute Gasteiger partial charge is 0.192 e. The molecule has 1 aromatic rings. The number of para-hydroxylation sites is 1. The van der Waals surface area contributed by atoms with Crippen LogP contribution in [0, 0.1) is 0 Å². The second kappa shape index (κ2) is 4.08. The van der Waals surface area contributed by atoms with Gasteiger partial charge in [-0.1, -0.05) is 12.1 Å². The average molecular weight is 266 g/mol. The van der Waals surface area contributed by atoms with Gasteiger partial charge in [0, 0.05) is 0 Å². The van der Waals surface area contributed by atoms with Crippen LogP contribution in [0.2, 0.25) is 0 Å². The van der Waals surface area contributed by atoms with E-state index in [1.54, 1.807) is 11.8 Å². The van der Waals surface area contributed by atoms with Crippen molar-refractivity contribution in [3.8, 4) is 5.75 Å². The molecule has 0 fully saturated rings. The predicted octanol–water partition coefficient (Wildman–Crippen LogP) is 3.14. The first-order valence-electron chi connectivity index (χ1n) is 2.80. The van der Waals surface area contributed by atoms with Crippen molar-refractivity contribution in [3.05, 3.63) is 24.3 Å². The highest BCUT2D eigenvalue weighted by Gasteiger charge is 1.97. The Morgan fingerprint density at radius 2 is 2.10 bits per heavy atom. The standard InChI is InChI=1S/C7H7IOS/c1-10-7-5-3-2-4-6(7)9-8/h2-5H,1H3. The van der Waals surface area contributed by atoms with Crippen molar-refractivity contribution in [2.45, 2.75) is 4.90 Å². The number of hydrogen-bond acceptors (Lipinski definition) is 2. The fourth-order valence-corrected chi connectivity index (χ4v) is 1.74. The van der Waals surface area contributed by atoms with Crippen LogP contribution < -0.4 is 3.07 Å². The molecule has 0 heterocycles. The summed E-state index contributed by atoms with van der Waals surface area (Å²) in [4.78, 5) is 1.18. The van der Waals surface area contributed by atoms with E-state index in [1.165, 1.54) is 4.90 Å². The Morgan fingerprint density at radius 3 is 2.60 bits per heavy atom. The minimum Gasteiger partial charge on any atom is -0.426 e. The van der Waals surface area contributed by atoms with Gasteiger partial charge in [-0.2, -0.15) is 0 Å². The lowest BCUT2D eigenvalue weighted by molar-refractivity contribution is 0.696. The largest absolute Gasteiger partial charge is 0.426 e. The number of halogens is 1. The highest BCUT2D eigenvalue weighted by atomic mass is 127. The molecule has 0 aliphatic carbocycles. The molecule has 3 heteroatoms. The molecule has 0 atom stereocenters. The molecule has 1 nitrogen and oxygen atoms in total. The van der Waals surface area contributed by atoms with Crippen LogP contribution in [0.4, 0.5) is 0 Å². The zero-order valence-electron chi connectivity index (χ0n) is 5.50. The summed E-state index contributed by atoms with van der Waals surface area (Å²) in [6, 6.07) is 7.97. The van der Waals surface area contributed by atoms with Gasteiger partial charge in [0.15, 0.2) is 23.0 Å². The Kier molecular flexibility index (Phi) is 3.34. The van der Waals surface area contributed by atoms with Crippen LogP contribution in [-0.2, 0) is 0 Å². The monoisotopic (exact) mass is 266 g/mol. The maximum atomic E-state index is 5.09. The van der Waals surface area contributed by atoms with Crippen molar-refractivity contribution in [3.63, 3.8) is 0 Å². The summed E-state index contributed by atoms with van der Waals surface area (Å²) in [5.74, 6) is 0.940. The maximum absolute atomic E-state index is 5.09. The Labute approximate surface area is 78.8 Å². The van der Waals surface area contributed by atoms with Gasteiger partial charge in [-0.25, -0.2) is 0 Å². The third-order valence-electron chi connectivity index (χ3n) is 1.15. The van der Waals surface area contributed by atoms with E-state index in [0.29, 0.717) is 0 Å². The van der Waals surface area contributed by atoms with Crippen LogP contribution in [0.1, 0.15) is 0 Å². The van der Waals surface area contributed by atoms with Crippen molar-refractivity contribution in [1.29, 1.82) is 0 Å². The van der Waals surface area contributed by atoms with Gasteiger partial charge in [0.05, 0.1) is 4.90 Å². The zero-order chi connectivity index (χ0) is 7.40. The normalized spacial score (nSPS) is 9.40. The molecule has 1 aromatic carbocycles. The SMILES string of the molecule is CSc1ccccc1OI. The molecule has 0 amide bonds. The number of benzene rings is 1.